The molecule has 3 rings (SSSR count). The van der Waals surface area contributed by atoms with Crippen LogP contribution in [0.25, 0.3) is 0 Å². The molecule has 1 aromatic rings. The Hall–Kier alpha value is -1.25. The van der Waals surface area contributed by atoms with Gasteiger partial charge < -0.3 is 10.4 Å². The highest BCUT2D eigenvalue weighted by Gasteiger charge is 2.45. The largest absolute Gasteiger partial charge is 0.393 e. The summed E-state index contributed by atoms with van der Waals surface area (Å²) in [6.07, 6.45) is 3.98. The van der Waals surface area contributed by atoms with E-state index in [1.54, 1.807) is 0 Å². The summed E-state index contributed by atoms with van der Waals surface area (Å²) in [5, 5.41) is 12.8. The van der Waals surface area contributed by atoms with Crippen molar-refractivity contribution in [2.75, 3.05) is 25.0 Å². The van der Waals surface area contributed by atoms with Crippen LogP contribution in [0.1, 0.15) is 19.8 Å². The van der Waals surface area contributed by atoms with Crippen molar-refractivity contribution in [1.29, 1.82) is 0 Å². The molecule has 0 amide bonds. The summed E-state index contributed by atoms with van der Waals surface area (Å²) in [5.74, 6) is 0.767. The standard InChI is InChI=1S/C13H20N4O3S/c1-2-14-13-15-5-10(6-16-13)21(19,20)17-7-9-3-4-12(18)11(9)8-17/h5-6,9,11-12,18H,2-4,7-8H2,1H3,(H,14,15,16). The highest BCUT2D eigenvalue weighted by molar-refractivity contribution is 7.89. The molecule has 1 aliphatic carbocycles. The lowest BCUT2D eigenvalue weighted by molar-refractivity contribution is 0.129. The predicted octanol–water partition coefficient (Wildman–Crippen LogP) is 0.300. The Bertz CT molecular complexity index is 604. The summed E-state index contributed by atoms with van der Waals surface area (Å²) in [7, 11) is -3.57. The summed E-state index contributed by atoms with van der Waals surface area (Å²) < 4.78 is 26.6. The van der Waals surface area contributed by atoms with Crippen molar-refractivity contribution in [3.63, 3.8) is 0 Å². The quantitative estimate of drug-likeness (QED) is 0.830. The summed E-state index contributed by atoms with van der Waals surface area (Å²) in [4.78, 5) is 8.14. The van der Waals surface area contributed by atoms with Crippen LogP contribution in [0.3, 0.4) is 0 Å². The topological polar surface area (TPSA) is 95.4 Å². The third-order valence-corrected chi connectivity index (χ3v) is 6.17. The Morgan fingerprint density at radius 1 is 1.33 bits per heavy atom. The highest BCUT2D eigenvalue weighted by atomic mass is 32.2. The molecule has 3 atom stereocenters. The number of nitrogens with one attached hydrogen (secondary N) is 1. The molecule has 0 spiro atoms. The first-order valence-electron chi connectivity index (χ1n) is 7.26. The first-order valence-corrected chi connectivity index (χ1v) is 8.70. The van der Waals surface area contributed by atoms with E-state index in [0.717, 1.165) is 12.8 Å². The molecule has 116 valence electrons. The third kappa shape index (κ3) is 2.63. The molecular formula is C13H20N4O3S. The number of aliphatic hydroxyl groups is 1. The Morgan fingerprint density at radius 2 is 2.05 bits per heavy atom. The number of hydrogen-bond donors (Lipinski definition) is 2. The molecular weight excluding hydrogens is 292 g/mol. The second-order valence-corrected chi connectivity index (χ2v) is 7.60. The van der Waals surface area contributed by atoms with E-state index < -0.39 is 10.0 Å². The van der Waals surface area contributed by atoms with E-state index in [4.69, 9.17) is 0 Å². The molecule has 3 unspecified atom stereocenters. The van der Waals surface area contributed by atoms with Gasteiger partial charge in [-0.05, 0) is 25.7 Å². The van der Waals surface area contributed by atoms with Gasteiger partial charge in [0.2, 0.25) is 16.0 Å². The van der Waals surface area contributed by atoms with Crippen molar-refractivity contribution in [3.8, 4) is 0 Å². The summed E-state index contributed by atoms with van der Waals surface area (Å²) in [6.45, 7) is 3.48. The fourth-order valence-electron chi connectivity index (χ4n) is 3.24. The first kappa shape index (κ1) is 14.7. The molecule has 1 aliphatic heterocycles. The normalized spacial score (nSPS) is 29.5. The zero-order valence-corrected chi connectivity index (χ0v) is 12.8. The van der Waals surface area contributed by atoms with E-state index in [0.29, 0.717) is 25.6 Å². The van der Waals surface area contributed by atoms with Crippen molar-refractivity contribution in [3.05, 3.63) is 12.4 Å². The number of rotatable bonds is 4. The second-order valence-electron chi connectivity index (χ2n) is 5.66. The van der Waals surface area contributed by atoms with Crippen LogP contribution in [0.15, 0.2) is 17.3 Å². The molecule has 2 fully saturated rings. The van der Waals surface area contributed by atoms with Gasteiger partial charge in [-0.25, -0.2) is 18.4 Å². The third-order valence-electron chi connectivity index (χ3n) is 4.39. The molecule has 1 saturated heterocycles. The van der Waals surface area contributed by atoms with Crippen molar-refractivity contribution in [2.45, 2.75) is 30.8 Å². The van der Waals surface area contributed by atoms with Crippen LogP contribution in [-0.2, 0) is 10.0 Å². The van der Waals surface area contributed by atoms with Crippen LogP contribution in [-0.4, -0.2) is 53.5 Å². The van der Waals surface area contributed by atoms with Crippen LogP contribution >= 0.6 is 0 Å². The molecule has 1 aromatic heterocycles. The molecule has 2 aliphatic rings. The van der Waals surface area contributed by atoms with E-state index in [2.05, 4.69) is 15.3 Å². The van der Waals surface area contributed by atoms with Crippen molar-refractivity contribution in [2.24, 2.45) is 11.8 Å². The predicted molar refractivity (Wildman–Crippen MR) is 77.2 cm³/mol. The second kappa shape index (κ2) is 5.51. The molecule has 21 heavy (non-hydrogen) atoms. The minimum absolute atomic E-state index is 0.0710. The number of anilines is 1. The zero-order chi connectivity index (χ0) is 15.0. The fraction of sp³-hybridized carbons (Fsp3) is 0.692. The molecule has 2 heterocycles. The minimum Gasteiger partial charge on any atom is -0.393 e. The summed E-state index contributed by atoms with van der Waals surface area (Å²) in [5.41, 5.74) is 0. The van der Waals surface area contributed by atoms with Crippen molar-refractivity contribution < 1.29 is 13.5 Å². The number of hydrogen-bond acceptors (Lipinski definition) is 6. The Kier molecular flexibility index (Phi) is 3.85. The van der Waals surface area contributed by atoms with Crippen LogP contribution in [0.5, 0.6) is 0 Å². The fourth-order valence-corrected chi connectivity index (χ4v) is 4.67. The monoisotopic (exact) mass is 312 g/mol. The highest BCUT2D eigenvalue weighted by Crippen LogP contribution is 2.39. The zero-order valence-electron chi connectivity index (χ0n) is 11.9. The number of aromatic nitrogens is 2. The van der Waals surface area contributed by atoms with E-state index in [1.165, 1.54) is 16.7 Å². The van der Waals surface area contributed by atoms with Crippen molar-refractivity contribution >= 4 is 16.0 Å². The lowest BCUT2D eigenvalue weighted by Gasteiger charge is -2.18. The Morgan fingerprint density at radius 3 is 2.67 bits per heavy atom. The van der Waals surface area contributed by atoms with Gasteiger partial charge in [0.25, 0.3) is 0 Å². The van der Waals surface area contributed by atoms with Crippen LogP contribution in [0, 0.1) is 11.8 Å². The van der Waals surface area contributed by atoms with E-state index >= 15 is 0 Å². The van der Waals surface area contributed by atoms with Gasteiger partial charge >= 0.3 is 0 Å². The Balaban J connectivity index is 1.78. The number of fused-ring (bicyclic) bond motifs is 1. The average Bonchev–Trinajstić information content (AvgIpc) is 3.03. The van der Waals surface area contributed by atoms with Gasteiger partial charge in [0.1, 0.15) is 4.90 Å². The lowest BCUT2D eigenvalue weighted by Crippen LogP contribution is -2.31. The number of sulfonamides is 1. The Labute approximate surface area is 124 Å². The molecule has 0 bridgehead atoms. The maximum absolute atomic E-state index is 12.6. The van der Waals surface area contributed by atoms with Gasteiger partial charge in [-0.2, -0.15) is 4.31 Å². The molecule has 0 radical (unpaired) electrons. The van der Waals surface area contributed by atoms with E-state index in [1.807, 2.05) is 6.92 Å². The van der Waals surface area contributed by atoms with Crippen LogP contribution in [0.2, 0.25) is 0 Å². The van der Waals surface area contributed by atoms with E-state index in [-0.39, 0.29) is 22.8 Å². The van der Waals surface area contributed by atoms with Gasteiger partial charge in [0, 0.05) is 25.6 Å². The molecule has 7 nitrogen and oxygen atoms in total. The van der Waals surface area contributed by atoms with Crippen LogP contribution in [0.4, 0.5) is 5.95 Å². The van der Waals surface area contributed by atoms with Gasteiger partial charge in [-0.1, -0.05) is 0 Å². The molecule has 2 N–H and O–H groups in total. The smallest absolute Gasteiger partial charge is 0.246 e. The summed E-state index contributed by atoms with van der Waals surface area (Å²) in [6, 6.07) is 0. The SMILES string of the molecule is CCNc1ncc(S(=O)(=O)N2CC3CCC(O)C3C2)cn1. The number of aliphatic hydroxyl groups excluding tert-OH is 1. The summed E-state index contributed by atoms with van der Waals surface area (Å²) >= 11 is 0. The first-order chi connectivity index (χ1) is 10.0. The number of nitrogens with zero attached hydrogens (tertiary/aromatic N) is 3. The van der Waals surface area contributed by atoms with Gasteiger partial charge in [0.15, 0.2) is 0 Å². The van der Waals surface area contributed by atoms with Gasteiger partial charge in [-0.3, -0.25) is 0 Å². The average molecular weight is 312 g/mol. The van der Waals surface area contributed by atoms with E-state index in [9.17, 15) is 13.5 Å². The maximum atomic E-state index is 12.6. The van der Waals surface area contributed by atoms with Gasteiger partial charge in [0.05, 0.1) is 18.5 Å². The molecule has 0 aromatic carbocycles. The van der Waals surface area contributed by atoms with Gasteiger partial charge in [-0.15, -0.1) is 0 Å². The molecule has 8 heteroatoms. The minimum atomic E-state index is -3.57. The lowest BCUT2D eigenvalue weighted by atomic mass is 10.00. The van der Waals surface area contributed by atoms with Crippen LogP contribution < -0.4 is 5.32 Å². The van der Waals surface area contributed by atoms with Crippen molar-refractivity contribution in [1.82, 2.24) is 14.3 Å². The maximum Gasteiger partial charge on any atom is 0.246 e. The molecule has 1 saturated carbocycles.